The third kappa shape index (κ3) is 3.89. The summed E-state index contributed by atoms with van der Waals surface area (Å²) in [6.07, 6.45) is 3.05. The van der Waals surface area contributed by atoms with Gasteiger partial charge < -0.3 is 10.5 Å². The van der Waals surface area contributed by atoms with Crippen LogP contribution in [0.3, 0.4) is 0 Å². The predicted molar refractivity (Wildman–Crippen MR) is 72.1 cm³/mol. The number of hydrogen-bond acceptors (Lipinski definition) is 4. The van der Waals surface area contributed by atoms with Gasteiger partial charge in [-0.15, -0.1) is 0 Å². The second-order valence-corrected chi connectivity index (χ2v) is 5.82. The number of anilines is 1. The number of rotatable bonds is 7. The van der Waals surface area contributed by atoms with Gasteiger partial charge in [0, 0.05) is 5.69 Å². The van der Waals surface area contributed by atoms with Crippen molar-refractivity contribution in [3.05, 3.63) is 18.2 Å². The minimum absolute atomic E-state index is 0.0847. The number of sulfonamides is 1. The van der Waals surface area contributed by atoms with Gasteiger partial charge in [-0.05, 0) is 31.7 Å². The molecule has 6 heteroatoms. The summed E-state index contributed by atoms with van der Waals surface area (Å²) in [7, 11) is -2.19. The molecule has 0 saturated heterocycles. The summed E-state index contributed by atoms with van der Waals surface area (Å²) in [5, 5.41) is 0. The first-order chi connectivity index (χ1) is 8.51. The smallest absolute Gasteiger partial charge is 0.244 e. The predicted octanol–water partition coefficient (Wildman–Crippen LogP) is 1.75. The van der Waals surface area contributed by atoms with Gasteiger partial charge >= 0.3 is 0 Å². The third-order valence-corrected chi connectivity index (χ3v) is 3.97. The Hall–Kier alpha value is -1.27. The summed E-state index contributed by atoms with van der Waals surface area (Å²) < 4.78 is 31.4. The van der Waals surface area contributed by atoms with Gasteiger partial charge in [-0.3, -0.25) is 0 Å². The van der Waals surface area contributed by atoms with Crippen LogP contribution in [0.2, 0.25) is 0 Å². The van der Waals surface area contributed by atoms with Crippen molar-refractivity contribution < 1.29 is 13.2 Å². The zero-order chi connectivity index (χ0) is 13.6. The van der Waals surface area contributed by atoms with Gasteiger partial charge in [-0.1, -0.05) is 19.8 Å². The highest BCUT2D eigenvalue weighted by atomic mass is 32.2. The van der Waals surface area contributed by atoms with Crippen LogP contribution in [0.4, 0.5) is 5.69 Å². The first kappa shape index (κ1) is 14.8. The Balaban J connectivity index is 2.91. The molecular weight excluding hydrogens is 252 g/mol. The van der Waals surface area contributed by atoms with Crippen LogP contribution >= 0.6 is 0 Å². The summed E-state index contributed by atoms with van der Waals surface area (Å²) in [5.41, 5.74) is 6.00. The Morgan fingerprint density at radius 2 is 2.06 bits per heavy atom. The molecule has 0 unspecified atom stereocenters. The van der Waals surface area contributed by atoms with Crippen molar-refractivity contribution in [3.8, 4) is 5.75 Å². The molecule has 0 atom stereocenters. The zero-order valence-electron chi connectivity index (χ0n) is 10.8. The molecule has 0 fully saturated rings. The lowest BCUT2D eigenvalue weighted by molar-refractivity contribution is 0.298. The van der Waals surface area contributed by atoms with Gasteiger partial charge in [0.25, 0.3) is 0 Å². The first-order valence-corrected chi connectivity index (χ1v) is 7.45. The van der Waals surface area contributed by atoms with Crippen molar-refractivity contribution in [2.24, 2.45) is 0 Å². The van der Waals surface area contributed by atoms with Crippen molar-refractivity contribution in [1.82, 2.24) is 4.72 Å². The summed E-state index contributed by atoms with van der Waals surface area (Å²) >= 11 is 0. The summed E-state index contributed by atoms with van der Waals surface area (Å²) in [6, 6.07) is 4.62. The van der Waals surface area contributed by atoms with Crippen LogP contribution in [0.15, 0.2) is 23.1 Å². The molecule has 18 heavy (non-hydrogen) atoms. The fraction of sp³-hybridized carbons (Fsp3) is 0.500. The maximum Gasteiger partial charge on any atom is 0.244 e. The Labute approximate surface area is 108 Å². The van der Waals surface area contributed by atoms with E-state index >= 15 is 0 Å². The molecule has 1 aromatic carbocycles. The maximum atomic E-state index is 11.8. The second-order valence-electron chi connectivity index (χ2n) is 3.97. The van der Waals surface area contributed by atoms with E-state index < -0.39 is 10.0 Å². The van der Waals surface area contributed by atoms with Crippen molar-refractivity contribution >= 4 is 15.7 Å². The number of nitrogens with one attached hydrogen (secondary N) is 1. The average Bonchev–Trinajstić information content (AvgIpc) is 2.36. The Morgan fingerprint density at radius 1 is 1.33 bits per heavy atom. The van der Waals surface area contributed by atoms with Crippen LogP contribution in [0.25, 0.3) is 0 Å². The van der Waals surface area contributed by atoms with E-state index in [1.165, 1.54) is 13.1 Å². The molecule has 102 valence electrons. The van der Waals surface area contributed by atoms with Crippen molar-refractivity contribution in [3.63, 3.8) is 0 Å². The third-order valence-electron chi connectivity index (χ3n) is 2.53. The normalized spacial score (nSPS) is 11.4. The lowest BCUT2D eigenvalue weighted by atomic mass is 10.2. The fourth-order valence-electron chi connectivity index (χ4n) is 1.50. The molecule has 0 aromatic heterocycles. The second kappa shape index (κ2) is 6.61. The van der Waals surface area contributed by atoms with E-state index in [1.54, 1.807) is 12.1 Å². The van der Waals surface area contributed by atoms with Gasteiger partial charge in [0.1, 0.15) is 10.6 Å². The van der Waals surface area contributed by atoms with E-state index in [4.69, 9.17) is 10.5 Å². The van der Waals surface area contributed by atoms with Crippen molar-refractivity contribution in [2.75, 3.05) is 19.4 Å². The Bertz CT molecular complexity index is 486. The molecule has 0 heterocycles. The number of hydrogen-bond donors (Lipinski definition) is 2. The summed E-state index contributed by atoms with van der Waals surface area (Å²) in [6.45, 7) is 2.60. The van der Waals surface area contributed by atoms with Gasteiger partial charge in [0.15, 0.2) is 0 Å². The summed E-state index contributed by atoms with van der Waals surface area (Å²) in [4.78, 5) is 0.0847. The van der Waals surface area contributed by atoms with Crippen LogP contribution in [0, 0.1) is 0 Å². The van der Waals surface area contributed by atoms with Crippen LogP contribution < -0.4 is 15.2 Å². The molecule has 0 bridgehead atoms. The highest BCUT2D eigenvalue weighted by Gasteiger charge is 2.18. The van der Waals surface area contributed by atoms with Gasteiger partial charge in [0.2, 0.25) is 10.0 Å². The Morgan fingerprint density at radius 3 is 2.67 bits per heavy atom. The van der Waals surface area contributed by atoms with Crippen molar-refractivity contribution in [2.45, 2.75) is 31.1 Å². The zero-order valence-corrected chi connectivity index (χ0v) is 11.6. The molecular formula is C12H20N2O3S. The molecule has 0 aliphatic carbocycles. The van der Waals surface area contributed by atoms with E-state index in [2.05, 4.69) is 11.6 Å². The number of unbranched alkanes of at least 4 members (excludes halogenated alkanes) is 2. The molecule has 0 aliphatic heterocycles. The van der Waals surface area contributed by atoms with Gasteiger partial charge in [-0.2, -0.15) is 0 Å². The minimum Gasteiger partial charge on any atom is -0.492 e. The van der Waals surface area contributed by atoms with E-state index in [9.17, 15) is 8.42 Å². The molecule has 0 amide bonds. The molecule has 0 saturated carbocycles. The number of nitrogen functional groups attached to an aromatic ring is 1. The fourth-order valence-corrected chi connectivity index (χ4v) is 2.40. The molecule has 5 nitrogen and oxygen atoms in total. The van der Waals surface area contributed by atoms with E-state index in [0.29, 0.717) is 18.0 Å². The van der Waals surface area contributed by atoms with E-state index in [-0.39, 0.29) is 4.90 Å². The highest BCUT2D eigenvalue weighted by Crippen LogP contribution is 2.26. The maximum absolute atomic E-state index is 11.8. The molecule has 1 aromatic rings. The number of benzene rings is 1. The minimum atomic E-state index is -3.55. The monoisotopic (exact) mass is 272 g/mol. The lowest BCUT2D eigenvalue weighted by Crippen LogP contribution is -2.20. The number of nitrogens with two attached hydrogens (primary N) is 1. The van der Waals surface area contributed by atoms with Crippen molar-refractivity contribution in [1.29, 1.82) is 0 Å². The molecule has 0 radical (unpaired) electrons. The SMILES string of the molecule is CCCCCOc1ccc(N)cc1S(=O)(=O)NC. The topological polar surface area (TPSA) is 81.4 Å². The van der Waals surface area contributed by atoms with Crippen LogP contribution in [0.1, 0.15) is 26.2 Å². The van der Waals surface area contributed by atoms with Crippen LogP contribution in [0.5, 0.6) is 5.75 Å². The largest absolute Gasteiger partial charge is 0.492 e. The quantitative estimate of drug-likeness (QED) is 0.585. The van der Waals surface area contributed by atoms with Crippen LogP contribution in [-0.2, 0) is 10.0 Å². The van der Waals surface area contributed by atoms with Gasteiger partial charge in [-0.25, -0.2) is 13.1 Å². The van der Waals surface area contributed by atoms with Crippen LogP contribution in [-0.4, -0.2) is 22.1 Å². The lowest BCUT2D eigenvalue weighted by Gasteiger charge is -2.12. The van der Waals surface area contributed by atoms with E-state index in [1.807, 2.05) is 0 Å². The highest BCUT2D eigenvalue weighted by molar-refractivity contribution is 7.89. The van der Waals surface area contributed by atoms with E-state index in [0.717, 1.165) is 19.3 Å². The average molecular weight is 272 g/mol. The molecule has 0 spiro atoms. The first-order valence-electron chi connectivity index (χ1n) is 5.97. The van der Waals surface area contributed by atoms with Gasteiger partial charge in [0.05, 0.1) is 6.61 Å². The standard InChI is InChI=1S/C12H20N2O3S/c1-3-4-5-8-17-11-7-6-10(13)9-12(11)18(15,16)14-2/h6-7,9,14H,3-5,8,13H2,1-2H3. The number of ether oxygens (including phenoxy) is 1. The molecule has 0 aliphatic rings. The summed E-state index contributed by atoms with van der Waals surface area (Å²) in [5.74, 6) is 0.342. The molecule has 3 N–H and O–H groups in total. The molecule has 1 rings (SSSR count). The Kier molecular flexibility index (Phi) is 5.43.